The smallest absolute Gasteiger partial charge is 0.327 e. The van der Waals surface area contributed by atoms with E-state index in [9.17, 15) is 29.6 Å². The van der Waals surface area contributed by atoms with Gasteiger partial charge in [-0.3, -0.25) is 24.6 Å². The Kier molecular flexibility index (Phi) is 5.73. The number of carboxylic acid groups (broad SMARTS) is 1. The fourth-order valence-corrected chi connectivity index (χ4v) is 3.72. The number of rotatable bonds is 6. The number of hydrogen-bond acceptors (Lipinski definition) is 7. The first-order valence-electron chi connectivity index (χ1n) is 7.15. The van der Waals surface area contributed by atoms with Crippen LogP contribution >= 0.6 is 24.0 Å². The molecule has 0 aliphatic carbocycles. The van der Waals surface area contributed by atoms with Crippen LogP contribution < -0.4 is 5.73 Å². The molecule has 1 aliphatic heterocycles. The zero-order chi connectivity index (χ0) is 19.6. The number of aliphatic carboxylic acids is 1. The Morgan fingerprint density at radius 2 is 1.96 bits per heavy atom. The third-order valence-corrected chi connectivity index (χ3v) is 5.15. The maximum atomic E-state index is 12.7. The molecule has 1 saturated heterocycles. The van der Waals surface area contributed by atoms with Gasteiger partial charge in [0.05, 0.1) is 16.2 Å². The number of amides is 2. The molecule has 1 aromatic carbocycles. The first-order chi connectivity index (χ1) is 12.1. The van der Waals surface area contributed by atoms with Crippen LogP contribution in [0.5, 0.6) is 0 Å². The number of carbonyl (C=O) groups excluding carboxylic acids is 2. The summed E-state index contributed by atoms with van der Waals surface area (Å²) >= 11 is 6.00. The van der Waals surface area contributed by atoms with Crippen LogP contribution in [0, 0.1) is 10.1 Å². The second-order valence-corrected chi connectivity index (χ2v) is 6.97. The van der Waals surface area contributed by atoms with Crippen LogP contribution in [-0.4, -0.2) is 43.1 Å². The van der Waals surface area contributed by atoms with Gasteiger partial charge in [-0.25, -0.2) is 4.79 Å². The molecule has 1 aromatic rings. The molecule has 1 aliphatic rings. The maximum Gasteiger partial charge on any atom is 0.327 e. The third kappa shape index (κ3) is 3.89. The van der Waals surface area contributed by atoms with Gasteiger partial charge in [-0.2, -0.15) is 0 Å². The lowest BCUT2D eigenvalue weighted by Crippen LogP contribution is -2.46. The zero-order valence-corrected chi connectivity index (χ0v) is 15.0. The van der Waals surface area contributed by atoms with Crippen molar-refractivity contribution in [2.45, 2.75) is 19.4 Å². The molecule has 1 unspecified atom stereocenters. The number of nitro benzene ring substituents is 1. The van der Waals surface area contributed by atoms with Gasteiger partial charge < -0.3 is 10.8 Å². The van der Waals surface area contributed by atoms with E-state index in [-0.39, 0.29) is 14.9 Å². The molecule has 2 rings (SSSR count). The summed E-state index contributed by atoms with van der Waals surface area (Å²) in [6.07, 6.45) is -0.564. The summed E-state index contributed by atoms with van der Waals surface area (Å²) in [4.78, 5) is 46.4. The predicted octanol–water partition coefficient (Wildman–Crippen LogP) is 1.51. The Morgan fingerprint density at radius 3 is 2.42 bits per heavy atom. The number of nitro groups is 1. The van der Waals surface area contributed by atoms with Gasteiger partial charge in [0.1, 0.15) is 10.4 Å². The molecule has 2 amide bonds. The molecular formula is C15H13N3O6S2. The second kappa shape index (κ2) is 7.62. The first-order valence-corrected chi connectivity index (χ1v) is 8.38. The normalized spacial score (nSPS) is 17.2. The lowest BCUT2D eigenvalue weighted by Gasteiger charge is -2.21. The van der Waals surface area contributed by atoms with Crippen LogP contribution in [0.4, 0.5) is 5.69 Å². The highest BCUT2D eigenvalue weighted by Crippen LogP contribution is 2.38. The number of carboxylic acids is 1. The Morgan fingerprint density at radius 1 is 1.38 bits per heavy atom. The molecule has 0 radical (unpaired) electrons. The number of hydrogen-bond donors (Lipinski definition) is 2. The number of allylic oxidation sites excluding steroid dienone is 1. The van der Waals surface area contributed by atoms with Gasteiger partial charge in [0.2, 0.25) is 5.91 Å². The summed E-state index contributed by atoms with van der Waals surface area (Å²) < 4.78 is -0.0000818. The van der Waals surface area contributed by atoms with Crippen molar-refractivity contribution in [3.05, 3.63) is 44.8 Å². The molecule has 0 aromatic heterocycles. The molecule has 136 valence electrons. The third-order valence-electron chi connectivity index (χ3n) is 3.64. The molecule has 1 fully saturated rings. The highest BCUT2D eigenvalue weighted by molar-refractivity contribution is 8.26. The van der Waals surface area contributed by atoms with E-state index in [1.165, 1.54) is 24.3 Å². The van der Waals surface area contributed by atoms with Gasteiger partial charge in [0.15, 0.2) is 0 Å². The van der Waals surface area contributed by atoms with E-state index in [2.05, 4.69) is 0 Å². The van der Waals surface area contributed by atoms with Crippen LogP contribution in [0.2, 0.25) is 0 Å². The Hall–Kier alpha value is -2.79. The number of carbonyl (C=O) groups is 3. The molecule has 11 heteroatoms. The van der Waals surface area contributed by atoms with Crippen LogP contribution in [-0.2, 0) is 14.4 Å². The molecule has 9 nitrogen and oxygen atoms in total. The summed E-state index contributed by atoms with van der Waals surface area (Å²) in [6, 6.07) is 4.08. The van der Waals surface area contributed by atoms with Crippen molar-refractivity contribution < 1.29 is 24.4 Å². The number of thioether (sulfide) groups is 1. The van der Waals surface area contributed by atoms with Crippen LogP contribution in [0.3, 0.4) is 0 Å². The topological polar surface area (TPSA) is 144 Å². The monoisotopic (exact) mass is 395 g/mol. The standard InChI is InChI=1S/C15H13N3O6S2/c1-7(8-2-4-9(5-3-8)18(23)24)12-13(20)17(15(25)26-12)10(14(21)22)6-11(16)19/h2-5,10H,6H2,1H3,(H2,16,19)(H,21,22)/b12-7-. The number of non-ortho nitro benzene ring substituents is 1. The van der Waals surface area contributed by atoms with Crippen molar-refractivity contribution in [2.24, 2.45) is 5.73 Å². The molecule has 26 heavy (non-hydrogen) atoms. The highest BCUT2D eigenvalue weighted by atomic mass is 32.2. The van der Waals surface area contributed by atoms with E-state index in [4.69, 9.17) is 18.0 Å². The van der Waals surface area contributed by atoms with Gasteiger partial charge in [0, 0.05) is 12.1 Å². The Balaban J connectivity index is 2.39. The summed E-state index contributed by atoms with van der Waals surface area (Å²) in [5, 5.41) is 20.0. The number of nitrogens with zero attached hydrogens (tertiary/aromatic N) is 2. The van der Waals surface area contributed by atoms with Gasteiger partial charge in [-0.05, 0) is 30.2 Å². The lowest BCUT2D eigenvalue weighted by molar-refractivity contribution is -0.384. The predicted molar refractivity (Wildman–Crippen MR) is 98.0 cm³/mol. The number of thiocarbonyl (C=S) groups is 1. The van der Waals surface area contributed by atoms with Crippen LogP contribution in [0.1, 0.15) is 18.9 Å². The van der Waals surface area contributed by atoms with Crippen molar-refractivity contribution in [2.75, 3.05) is 0 Å². The van der Waals surface area contributed by atoms with Gasteiger partial charge in [-0.15, -0.1) is 0 Å². The van der Waals surface area contributed by atoms with Crippen molar-refractivity contribution in [3.8, 4) is 0 Å². The van der Waals surface area contributed by atoms with E-state index in [1.807, 2.05) is 0 Å². The molecule has 0 bridgehead atoms. The van der Waals surface area contributed by atoms with E-state index in [1.54, 1.807) is 6.92 Å². The van der Waals surface area contributed by atoms with Crippen LogP contribution in [0.25, 0.3) is 5.57 Å². The lowest BCUT2D eigenvalue weighted by atomic mass is 10.1. The maximum absolute atomic E-state index is 12.7. The Bertz CT molecular complexity index is 849. The van der Waals surface area contributed by atoms with E-state index < -0.39 is 35.2 Å². The fraction of sp³-hybridized carbons (Fsp3) is 0.200. The molecule has 0 spiro atoms. The SMILES string of the molecule is C/C(=C1/SC(=S)N(C(CC(N)=O)C(=O)O)C1=O)c1ccc([N+](=O)[O-])cc1. The van der Waals surface area contributed by atoms with Gasteiger partial charge in [-0.1, -0.05) is 24.0 Å². The second-order valence-electron chi connectivity index (χ2n) is 5.33. The fourth-order valence-electron chi connectivity index (χ4n) is 2.32. The molecule has 1 atom stereocenters. The molecular weight excluding hydrogens is 382 g/mol. The van der Waals surface area contributed by atoms with Crippen LogP contribution in [0.15, 0.2) is 29.2 Å². The zero-order valence-electron chi connectivity index (χ0n) is 13.4. The minimum atomic E-state index is -1.48. The number of nitrogens with two attached hydrogens (primary N) is 1. The quantitative estimate of drug-likeness (QED) is 0.319. The highest BCUT2D eigenvalue weighted by Gasteiger charge is 2.42. The van der Waals surface area contributed by atoms with Crippen molar-refractivity contribution in [1.29, 1.82) is 0 Å². The first kappa shape index (κ1) is 19.5. The molecule has 0 saturated carbocycles. The van der Waals surface area contributed by atoms with Crippen molar-refractivity contribution in [3.63, 3.8) is 0 Å². The summed E-state index contributed by atoms with van der Waals surface area (Å²) in [5.74, 6) is -2.92. The summed E-state index contributed by atoms with van der Waals surface area (Å²) in [6.45, 7) is 1.62. The largest absolute Gasteiger partial charge is 0.480 e. The van der Waals surface area contributed by atoms with E-state index in [0.29, 0.717) is 11.1 Å². The van der Waals surface area contributed by atoms with E-state index >= 15 is 0 Å². The average Bonchev–Trinajstić information content (AvgIpc) is 2.86. The summed E-state index contributed by atoms with van der Waals surface area (Å²) in [7, 11) is 0. The number of benzene rings is 1. The molecule has 1 heterocycles. The molecule has 3 N–H and O–H groups in total. The van der Waals surface area contributed by atoms with E-state index in [0.717, 1.165) is 16.7 Å². The van der Waals surface area contributed by atoms with Gasteiger partial charge in [0.25, 0.3) is 11.6 Å². The minimum Gasteiger partial charge on any atom is -0.480 e. The van der Waals surface area contributed by atoms with Gasteiger partial charge >= 0.3 is 5.97 Å². The summed E-state index contributed by atoms with van der Waals surface area (Å²) in [5.41, 5.74) is 6.00. The minimum absolute atomic E-state index is 0.0000818. The Labute approximate surface area is 157 Å². The van der Waals surface area contributed by atoms with Crippen molar-refractivity contribution in [1.82, 2.24) is 4.90 Å². The average molecular weight is 395 g/mol. The number of primary amides is 1. The van der Waals surface area contributed by atoms with Crippen molar-refractivity contribution >= 4 is 57.3 Å².